The van der Waals surface area contributed by atoms with E-state index in [4.69, 9.17) is 21.1 Å². The van der Waals surface area contributed by atoms with Gasteiger partial charge in [0.2, 0.25) is 0 Å². The normalized spacial score (nSPS) is 13.5. The van der Waals surface area contributed by atoms with Gasteiger partial charge in [-0.1, -0.05) is 0 Å². The number of benzene rings is 1. The number of halogens is 1. The van der Waals surface area contributed by atoms with Crippen molar-refractivity contribution in [1.29, 1.82) is 0 Å². The molecule has 1 rings (SSSR count). The molecule has 0 spiro atoms. The molecule has 0 bridgehead atoms. The molecule has 1 unspecified atom stereocenters. The smallest absolute Gasteiger partial charge is 0.325 e. The number of carboxylic acid groups (broad SMARTS) is 1. The van der Waals surface area contributed by atoms with Gasteiger partial charge in [-0.3, -0.25) is 4.79 Å². The molecule has 1 atom stereocenters. The molecule has 0 aliphatic heterocycles. The van der Waals surface area contributed by atoms with Crippen LogP contribution in [0.2, 0.25) is 0 Å². The second kappa shape index (κ2) is 4.63. The Morgan fingerprint density at radius 2 is 1.81 bits per heavy atom. The Bertz CT molecular complexity index is 424. The number of nitrogens with two attached hydrogens (primary N) is 1. The average Bonchev–Trinajstić information content (AvgIpc) is 2.16. The highest BCUT2D eigenvalue weighted by Crippen LogP contribution is 2.27. The molecule has 1 aromatic carbocycles. The van der Waals surface area contributed by atoms with Crippen LogP contribution < -0.4 is 5.73 Å². The lowest BCUT2D eigenvalue weighted by atomic mass is 10.00. The van der Waals surface area contributed by atoms with Crippen LogP contribution in [0.4, 0.5) is 4.39 Å². The summed E-state index contributed by atoms with van der Waals surface area (Å²) in [6, 6.07) is 1.68. The van der Waals surface area contributed by atoms with Crippen LogP contribution in [-0.4, -0.2) is 27.3 Å². The number of hydrogen-bond donors (Lipinski definition) is 4. The summed E-state index contributed by atoms with van der Waals surface area (Å²) in [6.07, 6.45) is 0.0347. The summed E-state index contributed by atoms with van der Waals surface area (Å²) >= 11 is 0. The lowest BCUT2D eigenvalue weighted by Gasteiger charge is -2.11. The Kier molecular flexibility index (Phi) is 3.47. The highest BCUT2D eigenvalue weighted by atomic mass is 19.1. The molecule has 0 radical (unpaired) electrons. The minimum absolute atomic E-state index is 0.00917. The first-order valence-electron chi connectivity index (χ1n) is 4.27. The van der Waals surface area contributed by atoms with E-state index in [0.29, 0.717) is 0 Å². The molecular formula is C10H10FNO4. The predicted molar refractivity (Wildman–Crippen MR) is 54.5 cm³/mol. The standard InChI is InChI=1S/C10H10FNO4/c11-4-8(9(12)10(15)16)5-1-6(13)3-7(14)2-5/h1-4,9,13-14H,12H2,(H,15,16). The second-order valence-electron chi connectivity index (χ2n) is 3.12. The minimum Gasteiger partial charge on any atom is -0.508 e. The van der Waals surface area contributed by atoms with Crippen molar-refractivity contribution in [1.82, 2.24) is 0 Å². The van der Waals surface area contributed by atoms with Crippen LogP contribution in [0, 0.1) is 0 Å². The van der Waals surface area contributed by atoms with Crippen LogP contribution >= 0.6 is 0 Å². The molecule has 16 heavy (non-hydrogen) atoms. The largest absolute Gasteiger partial charge is 0.508 e. The van der Waals surface area contributed by atoms with Gasteiger partial charge in [0.25, 0.3) is 0 Å². The van der Waals surface area contributed by atoms with Crippen molar-refractivity contribution in [3.63, 3.8) is 0 Å². The van der Waals surface area contributed by atoms with Crippen molar-refractivity contribution in [2.24, 2.45) is 5.73 Å². The summed E-state index contributed by atoms with van der Waals surface area (Å²) in [7, 11) is 0. The maximum absolute atomic E-state index is 12.5. The van der Waals surface area contributed by atoms with Crippen LogP contribution in [0.3, 0.4) is 0 Å². The summed E-state index contributed by atoms with van der Waals surface area (Å²) in [5.41, 5.74) is 4.91. The number of aromatic hydroxyl groups is 2. The van der Waals surface area contributed by atoms with Gasteiger partial charge in [-0.15, -0.1) is 0 Å². The number of carbonyl (C=O) groups is 1. The molecule has 5 nitrogen and oxygen atoms in total. The first-order chi connectivity index (χ1) is 7.45. The fourth-order valence-electron chi connectivity index (χ4n) is 1.21. The lowest BCUT2D eigenvalue weighted by Crippen LogP contribution is -2.31. The first-order valence-corrected chi connectivity index (χ1v) is 4.27. The van der Waals surface area contributed by atoms with Crippen molar-refractivity contribution < 1.29 is 24.5 Å². The predicted octanol–water partition coefficient (Wildman–Crippen LogP) is 0.820. The molecule has 0 fully saturated rings. The number of hydrogen-bond acceptors (Lipinski definition) is 4. The second-order valence-corrected chi connectivity index (χ2v) is 3.12. The van der Waals surface area contributed by atoms with Crippen molar-refractivity contribution in [3.8, 4) is 11.5 Å². The van der Waals surface area contributed by atoms with E-state index >= 15 is 0 Å². The van der Waals surface area contributed by atoms with Gasteiger partial charge in [0.15, 0.2) is 0 Å². The van der Waals surface area contributed by atoms with Gasteiger partial charge in [0.05, 0.1) is 6.33 Å². The topological polar surface area (TPSA) is 104 Å². The number of phenols is 2. The van der Waals surface area contributed by atoms with Crippen molar-refractivity contribution in [2.45, 2.75) is 6.04 Å². The summed E-state index contributed by atoms with van der Waals surface area (Å²) < 4.78 is 12.5. The molecule has 0 saturated heterocycles. The molecule has 5 N–H and O–H groups in total. The van der Waals surface area contributed by atoms with E-state index in [9.17, 15) is 9.18 Å². The lowest BCUT2D eigenvalue weighted by molar-refractivity contribution is -0.137. The molecule has 0 saturated carbocycles. The van der Waals surface area contributed by atoms with Crippen molar-refractivity contribution in [2.75, 3.05) is 0 Å². The third-order valence-electron chi connectivity index (χ3n) is 1.95. The fourth-order valence-corrected chi connectivity index (χ4v) is 1.21. The van der Waals surface area contributed by atoms with Gasteiger partial charge in [-0.05, 0) is 17.7 Å². The average molecular weight is 227 g/mol. The van der Waals surface area contributed by atoms with Crippen LogP contribution in [-0.2, 0) is 4.79 Å². The van der Waals surface area contributed by atoms with E-state index in [1.807, 2.05) is 0 Å². The molecule has 0 aromatic heterocycles. The van der Waals surface area contributed by atoms with Gasteiger partial charge in [0.1, 0.15) is 17.5 Å². The van der Waals surface area contributed by atoms with Crippen LogP contribution in [0.1, 0.15) is 5.56 Å². The van der Waals surface area contributed by atoms with E-state index < -0.39 is 12.0 Å². The summed E-state index contributed by atoms with van der Waals surface area (Å²) in [5, 5.41) is 26.9. The molecule has 86 valence electrons. The zero-order chi connectivity index (χ0) is 12.3. The highest BCUT2D eigenvalue weighted by molar-refractivity contribution is 5.91. The zero-order valence-electron chi connectivity index (χ0n) is 8.09. The summed E-state index contributed by atoms with van der Waals surface area (Å²) in [5.74, 6) is -2.04. The Morgan fingerprint density at radius 1 is 1.31 bits per heavy atom. The maximum atomic E-state index is 12.5. The number of carboxylic acids is 1. The number of aliphatic carboxylic acids is 1. The van der Waals surface area contributed by atoms with Gasteiger partial charge in [-0.2, -0.15) is 0 Å². The minimum atomic E-state index is -1.56. The van der Waals surface area contributed by atoms with E-state index in [1.165, 1.54) is 0 Å². The van der Waals surface area contributed by atoms with E-state index in [0.717, 1.165) is 18.2 Å². The first kappa shape index (κ1) is 12.0. The molecule has 0 heterocycles. The molecule has 0 aliphatic carbocycles. The third kappa shape index (κ3) is 2.48. The fraction of sp³-hybridized carbons (Fsp3) is 0.100. The summed E-state index contributed by atoms with van der Waals surface area (Å²) in [4.78, 5) is 10.6. The van der Waals surface area contributed by atoms with Gasteiger partial charge in [-0.25, -0.2) is 4.39 Å². The zero-order valence-corrected chi connectivity index (χ0v) is 8.09. The monoisotopic (exact) mass is 227 g/mol. The van der Waals surface area contributed by atoms with Crippen LogP contribution in [0.15, 0.2) is 24.5 Å². The number of rotatable bonds is 3. The SMILES string of the molecule is NC(C(=O)O)C(=CF)c1cc(O)cc(O)c1. The Labute approximate surface area is 90.3 Å². The van der Waals surface area contributed by atoms with Crippen LogP contribution in [0.5, 0.6) is 11.5 Å². The van der Waals surface area contributed by atoms with E-state index in [-0.39, 0.29) is 29.0 Å². The van der Waals surface area contributed by atoms with Gasteiger partial charge < -0.3 is 21.1 Å². The maximum Gasteiger partial charge on any atom is 0.325 e. The molecule has 0 amide bonds. The third-order valence-corrected chi connectivity index (χ3v) is 1.95. The molecule has 6 heteroatoms. The Hall–Kier alpha value is -2.08. The summed E-state index contributed by atoms with van der Waals surface area (Å²) in [6.45, 7) is 0. The molecule has 0 aliphatic rings. The molecule has 1 aromatic rings. The van der Waals surface area contributed by atoms with Gasteiger partial charge in [0, 0.05) is 11.6 Å². The quantitative estimate of drug-likeness (QED) is 0.612. The van der Waals surface area contributed by atoms with Gasteiger partial charge >= 0.3 is 5.97 Å². The van der Waals surface area contributed by atoms with E-state index in [2.05, 4.69) is 0 Å². The number of phenolic OH excluding ortho intramolecular Hbond substituents is 2. The molecular weight excluding hydrogens is 217 g/mol. The Balaban J connectivity index is 3.19. The van der Waals surface area contributed by atoms with Crippen molar-refractivity contribution >= 4 is 11.5 Å². The van der Waals surface area contributed by atoms with Crippen molar-refractivity contribution in [3.05, 3.63) is 30.1 Å². The highest BCUT2D eigenvalue weighted by Gasteiger charge is 2.20. The van der Waals surface area contributed by atoms with Crippen LogP contribution in [0.25, 0.3) is 5.57 Å². The Morgan fingerprint density at radius 3 is 2.19 bits per heavy atom. The van der Waals surface area contributed by atoms with E-state index in [1.54, 1.807) is 0 Å².